The van der Waals surface area contributed by atoms with Gasteiger partial charge in [-0.3, -0.25) is 4.79 Å². The van der Waals surface area contributed by atoms with Gasteiger partial charge in [-0.1, -0.05) is 23.2 Å². The number of rotatable bonds is 2. The quantitative estimate of drug-likeness (QED) is 0.873. The highest BCUT2D eigenvalue weighted by atomic mass is 35.5. The molecule has 2 N–H and O–H groups in total. The van der Waals surface area contributed by atoms with E-state index in [9.17, 15) is 4.79 Å². The second-order valence-electron chi connectivity index (χ2n) is 3.75. The van der Waals surface area contributed by atoms with Gasteiger partial charge in [-0.25, -0.2) is 0 Å². The Kier molecular flexibility index (Phi) is 4.08. The minimum absolute atomic E-state index is 0.137. The average molecular weight is 279 g/mol. The minimum atomic E-state index is -0.137. The van der Waals surface area contributed by atoms with Crippen LogP contribution in [0, 0.1) is 0 Å². The molecule has 2 heterocycles. The highest BCUT2D eigenvalue weighted by Gasteiger charge is 2.19. The minimum Gasteiger partial charge on any atom is -0.348 e. The zero-order valence-corrected chi connectivity index (χ0v) is 10.9. The molecule has 0 aliphatic carbocycles. The van der Waals surface area contributed by atoms with Crippen LogP contribution in [0.15, 0.2) is 6.07 Å². The molecule has 0 aromatic carbocycles. The summed E-state index contributed by atoms with van der Waals surface area (Å²) >= 11 is 12.9. The summed E-state index contributed by atoms with van der Waals surface area (Å²) in [6.07, 6.45) is 2.09. The Morgan fingerprint density at radius 3 is 2.94 bits per heavy atom. The Balaban J connectivity index is 1.99. The van der Waals surface area contributed by atoms with Crippen LogP contribution >= 0.6 is 34.5 Å². The van der Waals surface area contributed by atoms with E-state index in [1.165, 1.54) is 11.3 Å². The zero-order valence-electron chi connectivity index (χ0n) is 8.56. The van der Waals surface area contributed by atoms with Crippen LogP contribution < -0.4 is 10.6 Å². The Morgan fingerprint density at radius 1 is 1.56 bits per heavy atom. The van der Waals surface area contributed by atoms with Gasteiger partial charge >= 0.3 is 0 Å². The third-order valence-electron chi connectivity index (χ3n) is 2.53. The lowest BCUT2D eigenvalue weighted by Gasteiger charge is -2.23. The molecule has 2 rings (SSSR count). The number of carbonyl (C=O) groups is 1. The van der Waals surface area contributed by atoms with E-state index < -0.39 is 0 Å². The van der Waals surface area contributed by atoms with E-state index >= 15 is 0 Å². The molecule has 1 amide bonds. The van der Waals surface area contributed by atoms with Crippen LogP contribution in [-0.4, -0.2) is 25.0 Å². The van der Waals surface area contributed by atoms with E-state index in [0.717, 1.165) is 25.9 Å². The molecule has 1 aliphatic rings. The third kappa shape index (κ3) is 2.88. The predicted octanol–water partition coefficient (Wildman–Crippen LogP) is 2.54. The van der Waals surface area contributed by atoms with Crippen LogP contribution in [0.1, 0.15) is 23.2 Å². The van der Waals surface area contributed by atoms with Crippen molar-refractivity contribution in [1.82, 2.24) is 10.6 Å². The highest BCUT2D eigenvalue weighted by molar-refractivity contribution is 7.20. The van der Waals surface area contributed by atoms with Crippen LogP contribution in [-0.2, 0) is 0 Å². The zero-order chi connectivity index (χ0) is 11.5. The molecule has 3 nitrogen and oxygen atoms in total. The van der Waals surface area contributed by atoms with E-state index in [0.29, 0.717) is 14.2 Å². The lowest BCUT2D eigenvalue weighted by molar-refractivity contribution is 0.0931. The van der Waals surface area contributed by atoms with Crippen molar-refractivity contribution in [2.45, 2.75) is 18.9 Å². The van der Waals surface area contributed by atoms with Gasteiger partial charge in [-0.05, 0) is 25.5 Å². The number of halogens is 2. The SMILES string of the molecule is O=C(N[C@@H]1CCCNC1)c1cc(Cl)sc1Cl. The van der Waals surface area contributed by atoms with Gasteiger partial charge in [-0.2, -0.15) is 0 Å². The molecule has 6 heteroatoms. The molecule has 0 bridgehead atoms. The molecular formula is C10H12Cl2N2OS. The smallest absolute Gasteiger partial charge is 0.253 e. The van der Waals surface area contributed by atoms with Gasteiger partial charge < -0.3 is 10.6 Å². The van der Waals surface area contributed by atoms with Crippen LogP contribution in [0.4, 0.5) is 0 Å². The summed E-state index contributed by atoms with van der Waals surface area (Å²) in [6, 6.07) is 1.80. The second-order valence-corrected chi connectivity index (χ2v) is 6.04. The number of piperidine rings is 1. The van der Waals surface area contributed by atoms with E-state index in [1.54, 1.807) is 6.07 Å². The summed E-state index contributed by atoms with van der Waals surface area (Å²) in [5.41, 5.74) is 0.474. The van der Waals surface area contributed by atoms with Crippen LogP contribution in [0.3, 0.4) is 0 Å². The van der Waals surface area contributed by atoms with Gasteiger partial charge in [0.2, 0.25) is 0 Å². The van der Waals surface area contributed by atoms with Crippen molar-refractivity contribution in [2.24, 2.45) is 0 Å². The van der Waals surface area contributed by atoms with Crippen molar-refractivity contribution in [3.05, 3.63) is 20.3 Å². The standard InChI is InChI=1S/C10H12Cl2N2OS/c11-8-4-7(9(12)16-8)10(15)14-6-2-1-3-13-5-6/h4,6,13H,1-3,5H2,(H,14,15)/t6-/m1/s1. The second kappa shape index (κ2) is 5.36. The number of carbonyl (C=O) groups excluding carboxylic acids is 1. The first kappa shape index (κ1) is 12.2. The summed E-state index contributed by atoms with van der Waals surface area (Å²) in [4.78, 5) is 11.9. The Hall–Kier alpha value is -0.290. The first-order valence-corrected chi connectivity index (χ1v) is 6.70. The fourth-order valence-electron chi connectivity index (χ4n) is 1.73. The molecule has 16 heavy (non-hydrogen) atoms. The largest absolute Gasteiger partial charge is 0.348 e. The average Bonchev–Trinajstić information content (AvgIpc) is 2.59. The number of amides is 1. The Labute approximate surface area is 108 Å². The highest BCUT2D eigenvalue weighted by Crippen LogP contribution is 2.31. The number of hydrogen-bond donors (Lipinski definition) is 2. The normalized spacial score (nSPS) is 20.8. The maximum atomic E-state index is 11.9. The van der Waals surface area contributed by atoms with Gasteiger partial charge in [0.15, 0.2) is 0 Å². The lowest BCUT2D eigenvalue weighted by Crippen LogP contribution is -2.45. The van der Waals surface area contributed by atoms with Crippen LogP contribution in [0.25, 0.3) is 0 Å². The van der Waals surface area contributed by atoms with Crippen molar-refractivity contribution in [2.75, 3.05) is 13.1 Å². The summed E-state index contributed by atoms with van der Waals surface area (Å²) < 4.78 is 0.989. The van der Waals surface area contributed by atoms with Gasteiger partial charge in [0.1, 0.15) is 4.34 Å². The molecule has 1 aromatic heterocycles. The topological polar surface area (TPSA) is 41.1 Å². The van der Waals surface area contributed by atoms with E-state index in [2.05, 4.69) is 10.6 Å². The number of thiophene rings is 1. The third-order valence-corrected chi connectivity index (χ3v) is 4.02. The number of hydrogen-bond acceptors (Lipinski definition) is 3. The van der Waals surface area contributed by atoms with Gasteiger partial charge in [0.25, 0.3) is 5.91 Å². The molecule has 1 aromatic rings. The molecule has 1 aliphatic heterocycles. The van der Waals surface area contributed by atoms with Crippen LogP contribution in [0.5, 0.6) is 0 Å². The van der Waals surface area contributed by atoms with Crippen molar-refractivity contribution in [3.8, 4) is 0 Å². The van der Waals surface area contributed by atoms with Crippen molar-refractivity contribution >= 4 is 40.4 Å². The molecule has 0 spiro atoms. The maximum absolute atomic E-state index is 11.9. The number of nitrogens with one attached hydrogen (secondary N) is 2. The first-order valence-electron chi connectivity index (χ1n) is 5.13. The monoisotopic (exact) mass is 278 g/mol. The van der Waals surface area contributed by atoms with Gasteiger partial charge in [0.05, 0.1) is 9.90 Å². The van der Waals surface area contributed by atoms with Crippen molar-refractivity contribution in [1.29, 1.82) is 0 Å². The first-order chi connectivity index (χ1) is 7.66. The Morgan fingerprint density at radius 2 is 2.38 bits per heavy atom. The molecule has 0 unspecified atom stereocenters. The van der Waals surface area contributed by atoms with E-state index in [-0.39, 0.29) is 11.9 Å². The molecule has 1 saturated heterocycles. The molecule has 88 valence electrons. The fraction of sp³-hybridized carbons (Fsp3) is 0.500. The van der Waals surface area contributed by atoms with Crippen molar-refractivity contribution < 1.29 is 4.79 Å². The molecule has 0 radical (unpaired) electrons. The summed E-state index contributed by atoms with van der Waals surface area (Å²) in [5.74, 6) is -0.137. The summed E-state index contributed by atoms with van der Waals surface area (Å²) in [7, 11) is 0. The Bertz CT molecular complexity index is 388. The predicted molar refractivity (Wildman–Crippen MR) is 67.7 cm³/mol. The van der Waals surface area contributed by atoms with Crippen molar-refractivity contribution in [3.63, 3.8) is 0 Å². The van der Waals surface area contributed by atoms with Gasteiger partial charge in [0, 0.05) is 12.6 Å². The molecule has 1 atom stereocenters. The van der Waals surface area contributed by atoms with Crippen LogP contribution in [0.2, 0.25) is 8.67 Å². The molecular weight excluding hydrogens is 267 g/mol. The maximum Gasteiger partial charge on any atom is 0.253 e. The summed E-state index contributed by atoms with van der Waals surface area (Å²) in [6.45, 7) is 1.85. The molecule has 0 saturated carbocycles. The van der Waals surface area contributed by atoms with E-state index in [4.69, 9.17) is 23.2 Å². The summed E-state index contributed by atoms with van der Waals surface area (Å²) in [5, 5.41) is 6.19. The van der Waals surface area contributed by atoms with E-state index in [1.807, 2.05) is 0 Å². The molecule has 1 fully saturated rings. The van der Waals surface area contributed by atoms with Gasteiger partial charge in [-0.15, -0.1) is 11.3 Å². The lowest BCUT2D eigenvalue weighted by atomic mass is 10.1. The fourth-order valence-corrected chi connectivity index (χ4v) is 3.19.